The van der Waals surface area contributed by atoms with E-state index in [9.17, 15) is 14.9 Å². The Balaban J connectivity index is 3.02. The van der Waals surface area contributed by atoms with Gasteiger partial charge in [0.1, 0.15) is 5.69 Å². The van der Waals surface area contributed by atoms with Gasteiger partial charge in [0.2, 0.25) is 0 Å². The molecule has 19 heavy (non-hydrogen) atoms. The molecule has 0 saturated carbocycles. The molecule has 0 radical (unpaired) electrons. The van der Waals surface area contributed by atoms with E-state index in [1.807, 2.05) is 0 Å². The highest BCUT2D eigenvalue weighted by molar-refractivity contribution is 5.75. The number of nitro benzene ring substituents is 1. The number of aliphatic carboxylic acids is 1. The normalized spacial score (nSPS) is 10.9. The molecule has 0 spiro atoms. The maximum absolute atomic E-state index is 11.0. The minimum absolute atomic E-state index is 0.0658. The summed E-state index contributed by atoms with van der Waals surface area (Å²) >= 11 is 0. The highest BCUT2D eigenvalue weighted by atomic mass is 16.6. The minimum Gasteiger partial charge on any atom is -0.490 e. The first-order valence-corrected chi connectivity index (χ1v) is 5.58. The number of carboxylic acid groups (broad SMARTS) is 1. The fourth-order valence-corrected chi connectivity index (χ4v) is 1.41. The van der Waals surface area contributed by atoms with Crippen LogP contribution in [-0.4, -0.2) is 29.7 Å². The molecule has 0 atom stereocenters. The Hall–Kier alpha value is -2.31. The number of anilines is 1. The number of rotatable bonds is 6. The van der Waals surface area contributed by atoms with Crippen LogP contribution in [0.1, 0.15) is 13.8 Å². The molecule has 2 N–H and O–H groups in total. The van der Waals surface area contributed by atoms with Crippen molar-refractivity contribution in [2.45, 2.75) is 13.8 Å². The predicted molar refractivity (Wildman–Crippen MR) is 69.6 cm³/mol. The number of methoxy groups -OCH3 is 1. The second-order valence-corrected chi connectivity index (χ2v) is 4.66. The van der Waals surface area contributed by atoms with Gasteiger partial charge in [0.25, 0.3) is 0 Å². The summed E-state index contributed by atoms with van der Waals surface area (Å²) in [5, 5.41) is 22.8. The zero-order valence-electron chi connectivity index (χ0n) is 11.0. The molecule has 1 aromatic carbocycles. The van der Waals surface area contributed by atoms with Crippen LogP contribution >= 0.6 is 0 Å². The molecule has 1 aromatic rings. The van der Waals surface area contributed by atoms with Gasteiger partial charge in [-0.2, -0.15) is 0 Å². The third-order valence-corrected chi connectivity index (χ3v) is 2.70. The largest absolute Gasteiger partial charge is 0.490 e. The van der Waals surface area contributed by atoms with Gasteiger partial charge in [0.15, 0.2) is 5.75 Å². The van der Waals surface area contributed by atoms with Crippen molar-refractivity contribution in [3.63, 3.8) is 0 Å². The van der Waals surface area contributed by atoms with Gasteiger partial charge in [-0.25, -0.2) is 0 Å². The van der Waals surface area contributed by atoms with Crippen molar-refractivity contribution >= 4 is 17.3 Å². The van der Waals surface area contributed by atoms with Crippen LogP contribution in [0.2, 0.25) is 0 Å². The van der Waals surface area contributed by atoms with Crippen molar-refractivity contribution in [2.24, 2.45) is 5.41 Å². The van der Waals surface area contributed by atoms with E-state index in [4.69, 9.17) is 9.84 Å². The number of nitro groups is 1. The van der Waals surface area contributed by atoms with Crippen molar-refractivity contribution < 1.29 is 19.6 Å². The lowest BCUT2D eigenvalue weighted by molar-refractivity contribution is -0.384. The molecular formula is C12H16N2O5. The SMILES string of the molecule is COc1cccc(NCC(C)(C)C(=O)O)c1[N+](=O)[O-]. The molecule has 0 aliphatic carbocycles. The van der Waals surface area contributed by atoms with E-state index >= 15 is 0 Å². The zero-order valence-corrected chi connectivity index (χ0v) is 11.0. The van der Waals surface area contributed by atoms with Crippen LogP contribution in [0.15, 0.2) is 18.2 Å². The van der Waals surface area contributed by atoms with Gasteiger partial charge in [0, 0.05) is 6.54 Å². The lowest BCUT2D eigenvalue weighted by Gasteiger charge is -2.20. The molecule has 104 valence electrons. The lowest BCUT2D eigenvalue weighted by atomic mass is 9.94. The number of hydrogen-bond donors (Lipinski definition) is 2. The molecule has 0 unspecified atom stereocenters. The number of para-hydroxylation sites is 1. The van der Waals surface area contributed by atoms with E-state index in [-0.39, 0.29) is 23.7 Å². The van der Waals surface area contributed by atoms with Gasteiger partial charge in [-0.3, -0.25) is 14.9 Å². The lowest BCUT2D eigenvalue weighted by Crippen LogP contribution is -2.31. The van der Waals surface area contributed by atoms with E-state index in [1.165, 1.54) is 33.1 Å². The second-order valence-electron chi connectivity index (χ2n) is 4.66. The number of nitrogens with one attached hydrogen (secondary N) is 1. The number of nitrogens with zero attached hydrogens (tertiary/aromatic N) is 1. The minimum atomic E-state index is -1.03. The maximum Gasteiger partial charge on any atom is 0.333 e. The summed E-state index contributed by atoms with van der Waals surface area (Å²) in [5.41, 5.74) is -0.999. The van der Waals surface area contributed by atoms with Crippen molar-refractivity contribution in [2.75, 3.05) is 19.0 Å². The molecule has 0 saturated heterocycles. The molecule has 1 rings (SSSR count). The van der Waals surface area contributed by atoms with Gasteiger partial charge in [-0.1, -0.05) is 6.07 Å². The molecular weight excluding hydrogens is 252 g/mol. The Labute approximate surface area is 110 Å². The predicted octanol–water partition coefficient (Wildman–Crippen LogP) is 2.13. The van der Waals surface area contributed by atoms with Crippen LogP contribution in [-0.2, 0) is 4.79 Å². The summed E-state index contributed by atoms with van der Waals surface area (Å²) in [4.78, 5) is 21.5. The third kappa shape index (κ3) is 3.34. The van der Waals surface area contributed by atoms with Crippen LogP contribution in [0.3, 0.4) is 0 Å². The molecule has 0 aliphatic heterocycles. The molecule has 7 nitrogen and oxygen atoms in total. The van der Waals surface area contributed by atoms with E-state index in [2.05, 4.69) is 5.32 Å². The van der Waals surface area contributed by atoms with Crippen LogP contribution < -0.4 is 10.1 Å². The topological polar surface area (TPSA) is 102 Å². The molecule has 0 fully saturated rings. The number of carboxylic acids is 1. The van der Waals surface area contributed by atoms with E-state index in [0.29, 0.717) is 0 Å². The molecule has 0 aliphatic rings. The Morgan fingerprint density at radius 1 is 1.53 bits per heavy atom. The number of benzene rings is 1. The highest BCUT2D eigenvalue weighted by Crippen LogP contribution is 2.35. The van der Waals surface area contributed by atoms with Gasteiger partial charge in [-0.15, -0.1) is 0 Å². The first-order chi connectivity index (χ1) is 8.79. The maximum atomic E-state index is 11.0. The van der Waals surface area contributed by atoms with Crippen molar-refractivity contribution in [1.82, 2.24) is 0 Å². The summed E-state index contributed by atoms with van der Waals surface area (Å²) in [6.45, 7) is 3.14. The quantitative estimate of drug-likeness (QED) is 0.605. The van der Waals surface area contributed by atoms with Crippen LogP contribution in [0.25, 0.3) is 0 Å². The summed E-state index contributed by atoms with van der Waals surface area (Å²) in [7, 11) is 1.34. The Morgan fingerprint density at radius 2 is 2.16 bits per heavy atom. The summed E-state index contributed by atoms with van der Waals surface area (Å²) < 4.78 is 4.93. The van der Waals surface area contributed by atoms with Crippen LogP contribution in [0.5, 0.6) is 5.75 Å². The smallest absolute Gasteiger partial charge is 0.333 e. The van der Waals surface area contributed by atoms with E-state index in [1.54, 1.807) is 6.07 Å². The number of hydrogen-bond acceptors (Lipinski definition) is 5. The van der Waals surface area contributed by atoms with Crippen molar-refractivity contribution in [3.05, 3.63) is 28.3 Å². The fraction of sp³-hybridized carbons (Fsp3) is 0.417. The first kappa shape index (κ1) is 14.7. The van der Waals surface area contributed by atoms with Crippen molar-refractivity contribution in [1.29, 1.82) is 0 Å². The summed E-state index contributed by atoms with van der Waals surface area (Å²) in [5.74, 6) is -0.853. The monoisotopic (exact) mass is 268 g/mol. The van der Waals surface area contributed by atoms with Gasteiger partial charge in [-0.05, 0) is 26.0 Å². The molecule has 7 heteroatoms. The van der Waals surface area contributed by atoms with Gasteiger partial charge >= 0.3 is 11.7 Å². The molecule has 0 aromatic heterocycles. The number of ether oxygens (including phenoxy) is 1. The fourth-order valence-electron chi connectivity index (χ4n) is 1.41. The van der Waals surface area contributed by atoms with Crippen LogP contribution in [0.4, 0.5) is 11.4 Å². The molecule has 0 heterocycles. The Kier molecular flexibility index (Phi) is 4.31. The van der Waals surface area contributed by atoms with Crippen LogP contribution in [0, 0.1) is 15.5 Å². The molecule has 0 bridgehead atoms. The Bertz CT molecular complexity index is 499. The standard InChI is InChI=1S/C12H16N2O5/c1-12(2,11(15)16)7-13-8-5-4-6-9(19-3)10(8)14(17)18/h4-6,13H,7H2,1-3H3,(H,15,16). The van der Waals surface area contributed by atoms with E-state index in [0.717, 1.165) is 0 Å². The zero-order chi connectivity index (χ0) is 14.6. The summed E-state index contributed by atoms with van der Waals surface area (Å²) in [6.07, 6.45) is 0. The second kappa shape index (κ2) is 5.55. The highest BCUT2D eigenvalue weighted by Gasteiger charge is 2.28. The van der Waals surface area contributed by atoms with E-state index < -0.39 is 16.3 Å². The van der Waals surface area contributed by atoms with Crippen molar-refractivity contribution in [3.8, 4) is 5.75 Å². The Morgan fingerprint density at radius 3 is 2.63 bits per heavy atom. The first-order valence-electron chi connectivity index (χ1n) is 5.58. The average molecular weight is 268 g/mol. The average Bonchev–Trinajstić information content (AvgIpc) is 2.35. The number of carbonyl (C=O) groups is 1. The molecule has 0 amide bonds. The van der Waals surface area contributed by atoms with Gasteiger partial charge in [0.05, 0.1) is 17.4 Å². The third-order valence-electron chi connectivity index (χ3n) is 2.70. The van der Waals surface area contributed by atoms with Gasteiger partial charge < -0.3 is 15.2 Å². The summed E-state index contributed by atoms with van der Waals surface area (Å²) in [6, 6.07) is 4.59.